The molecule has 0 amide bonds. The van der Waals surface area contributed by atoms with Crippen molar-refractivity contribution in [1.29, 1.82) is 0 Å². The molecule has 0 unspecified atom stereocenters. The van der Waals surface area contributed by atoms with Gasteiger partial charge in [-0.25, -0.2) is 0 Å². The van der Waals surface area contributed by atoms with Gasteiger partial charge in [-0.2, -0.15) is 0 Å². The van der Waals surface area contributed by atoms with Gasteiger partial charge in [-0.3, -0.25) is 0 Å². The number of rotatable bonds is 9. The smallest absolute Gasteiger partial charge is 0.256 e. The Morgan fingerprint density at radius 2 is 0.817 bits per heavy atom. The van der Waals surface area contributed by atoms with E-state index in [-0.39, 0.29) is 13.4 Å². The highest BCUT2D eigenvalue weighted by Crippen LogP contribution is 2.53. The minimum absolute atomic E-state index is 0.221. The van der Waals surface area contributed by atoms with E-state index >= 15 is 0 Å². The van der Waals surface area contributed by atoms with Gasteiger partial charge in [0.1, 0.15) is 34.2 Å². The zero-order valence-electron chi connectivity index (χ0n) is 52.6. The van der Waals surface area contributed by atoms with E-state index < -0.39 is 0 Å². The average Bonchev–Trinajstić information content (AvgIpc) is 1.07. The minimum atomic E-state index is -0.238. The van der Waals surface area contributed by atoms with Crippen LogP contribution < -0.4 is 61.9 Å². The number of hydrogen-bond acceptors (Lipinski definition) is 7. The van der Waals surface area contributed by atoms with Gasteiger partial charge in [0.2, 0.25) is 0 Å². The quantitative estimate of drug-likeness (QED) is 0.133. The van der Waals surface area contributed by atoms with Crippen LogP contribution in [0.15, 0.2) is 271 Å². The lowest BCUT2D eigenvalue weighted by Gasteiger charge is -2.44. The van der Waals surface area contributed by atoms with Gasteiger partial charge in [0.15, 0.2) is 0 Å². The SMILES string of the molecule is Cc1cc(C)c(N(c2ccccc2)c2cc3c4c(c2)N(c2c(C)cc(C)cc2C)c2ccccc2B4c2cc4c(cc2O3)N(c2ccccc2-c2cccc3oc5ccccc5c23)c2cc(N(c3ccccc3)c3ccccc3)cc3c2B4c2ccccc2O3)c(C)c1. The Bertz CT molecular complexity index is 5330. The zero-order chi connectivity index (χ0) is 62.3. The van der Waals surface area contributed by atoms with E-state index in [4.69, 9.17) is 13.9 Å². The molecular formula is C84H62B2N4O3. The van der Waals surface area contributed by atoms with Crippen molar-refractivity contribution >= 4 is 136 Å². The molecule has 0 radical (unpaired) electrons. The molecule has 7 nitrogen and oxygen atoms in total. The van der Waals surface area contributed by atoms with Crippen molar-refractivity contribution in [2.24, 2.45) is 0 Å². The first-order valence-electron chi connectivity index (χ1n) is 32.2. The molecule has 14 aromatic rings. The maximum atomic E-state index is 7.92. The summed E-state index contributed by atoms with van der Waals surface area (Å²) >= 11 is 0. The summed E-state index contributed by atoms with van der Waals surface area (Å²) < 4.78 is 21.9. The molecule has 0 aliphatic carbocycles. The lowest BCUT2D eigenvalue weighted by atomic mass is 9.31. The van der Waals surface area contributed by atoms with Crippen molar-refractivity contribution < 1.29 is 13.9 Å². The number of furan rings is 1. The number of nitrogens with zero attached hydrogens (tertiary/aromatic N) is 4. The van der Waals surface area contributed by atoms with Gasteiger partial charge in [0.05, 0.1) is 28.4 Å². The molecule has 13 aromatic carbocycles. The number of hydrogen-bond donors (Lipinski definition) is 0. The number of para-hydroxylation sites is 7. The molecule has 93 heavy (non-hydrogen) atoms. The second-order valence-electron chi connectivity index (χ2n) is 25.5. The summed E-state index contributed by atoms with van der Waals surface area (Å²) in [6.07, 6.45) is 0. The molecule has 4 aliphatic rings. The predicted octanol–water partition coefficient (Wildman–Crippen LogP) is 18.9. The van der Waals surface area contributed by atoms with Crippen LogP contribution in [0, 0.1) is 41.5 Å². The molecular weight excluding hydrogens is 1130 g/mol. The van der Waals surface area contributed by atoms with E-state index in [9.17, 15) is 0 Å². The normalized spacial score (nSPS) is 12.9. The number of benzene rings is 13. The van der Waals surface area contributed by atoms with E-state index in [0.717, 1.165) is 146 Å². The largest absolute Gasteiger partial charge is 0.458 e. The molecule has 0 bridgehead atoms. The Morgan fingerprint density at radius 3 is 1.49 bits per heavy atom. The molecule has 0 N–H and O–H groups in total. The molecule has 0 saturated heterocycles. The van der Waals surface area contributed by atoms with E-state index in [1.165, 1.54) is 44.5 Å². The third kappa shape index (κ3) is 8.46. The monoisotopic (exact) mass is 1200 g/mol. The third-order valence-electron chi connectivity index (χ3n) is 19.6. The van der Waals surface area contributed by atoms with E-state index in [0.29, 0.717) is 0 Å². The van der Waals surface area contributed by atoms with Crippen molar-refractivity contribution in [3.05, 3.63) is 300 Å². The van der Waals surface area contributed by atoms with Crippen molar-refractivity contribution in [1.82, 2.24) is 0 Å². The molecule has 0 fully saturated rings. The van der Waals surface area contributed by atoms with E-state index in [1.54, 1.807) is 0 Å². The zero-order valence-corrected chi connectivity index (χ0v) is 52.6. The molecule has 5 heterocycles. The van der Waals surface area contributed by atoms with Crippen molar-refractivity contribution in [3.63, 3.8) is 0 Å². The summed E-state index contributed by atoms with van der Waals surface area (Å²) in [7, 11) is 0. The first-order chi connectivity index (χ1) is 45.6. The minimum Gasteiger partial charge on any atom is -0.458 e. The Balaban J connectivity index is 0.939. The van der Waals surface area contributed by atoms with Crippen LogP contribution in [0.3, 0.4) is 0 Å². The van der Waals surface area contributed by atoms with Crippen LogP contribution in [0.2, 0.25) is 0 Å². The Kier molecular flexibility index (Phi) is 12.4. The molecule has 0 atom stereocenters. The van der Waals surface area contributed by atoms with Crippen LogP contribution in [-0.2, 0) is 0 Å². The van der Waals surface area contributed by atoms with Gasteiger partial charge in [0.25, 0.3) is 13.4 Å². The second-order valence-corrected chi connectivity index (χ2v) is 25.5. The summed E-state index contributed by atoms with van der Waals surface area (Å²) in [5.74, 6) is 3.25. The predicted molar refractivity (Wildman–Crippen MR) is 389 cm³/mol. The first kappa shape index (κ1) is 54.5. The summed E-state index contributed by atoms with van der Waals surface area (Å²) in [4.78, 5) is 9.84. The molecule has 9 heteroatoms. The van der Waals surface area contributed by atoms with E-state index in [1.807, 2.05) is 6.07 Å². The van der Waals surface area contributed by atoms with Crippen LogP contribution in [0.5, 0.6) is 23.0 Å². The third-order valence-corrected chi connectivity index (χ3v) is 19.6. The molecule has 4 aliphatic heterocycles. The number of aryl methyl sites for hydroxylation is 6. The maximum Gasteiger partial charge on any atom is 0.256 e. The fourth-order valence-corrected chi connectivity index (χ4v) is 16.1. The highest BCUT2D eigenvalue weighted by molar-refractivity contribution is 7.02. The molecule has 442 valence electrons. The van der Waals surface area contributed by atoms with E-state index in [2.05, 4.69) is 322 Å². The number of ether oxygens (including phenoxy) is 2. The summed E-state index contributed by atoms with van der Waals surface area (Å²) in [5.41, 5.74) is 30.6. The molecule has 0 spiro atoms. The standard InChI is InChI=1S/C84H62B2N4O3/c1-51-41-53(3)83(54(4)42-51)88(59-29-14-9-15-30-59)61-46-73-82-79(48-61)93-77-50-71-67(49-68(77)85(82)65-34-18-21-37-70(65)90(73)84-55(5)43-52(2)44-56(84)6)86-66-35-19-23-39-75(66)92-78-47-60(87(57-25-10-7-11-26-57)58-27-12-8-13-28-58)45-72(81(78)86)89(71)69-36-20-16-31-62(69)63-33-24-40-76-80(63)64-32-17-22-38-74(64)91-76/h7-50H,1-6H3. The highest BCUT2D eigenvalue weighted by Gasteiger charge is 2.48. The number of fused-ring (bicyclic) bond motifs is 11. The number of anilines is 12. The topological polar surface area (TPSA) is 44.6 Å². The van der Waals surface area contributed by atoms with Crippen molar-refractivity contribution in [2.75, 3.05) is 19.6 Å². The van der Waals surface area contributed by atoms with Crippen LogP contribution >= 0.6 is 0 Å². The Hall–Kier alpha value is -11.4. The fraction of sp³-hybridized carbons (Fsp3) is 0.0714. The second kappa shape index (κ2) is 21.1. The van der Waals surface area contributed by atoms with Crippen molar-refractivity contribution in [2.45, 2.75) is 41.5 Å². The van der Waals surface area contributed by atoms with Gasteiger partial charge >= 0.3 is 0 Å². The van der Waals surface area contributed by atoms with Gasteiger partial charge in [-0.15, -0.1) is 0 Å². The van der Waals surface area contributed by atoms with Crippen molar-refractivity contribution in [3.8, 4) is 34.1 Å². The summed E-state index contributed by atoms with van der Waals surface area (Å²) in [6.45, 7) is 12.9. The molecule has 1 aromatic heterocycles. The Morgan fingerprint density at radius 1 is 0.312 bits per heavy atom. The van der Waals surface area contributed by atoms with Crippen LogP contribution in [-0.4, -0.2) is 13.4 Å². The van der Waals surface area contributed by atoms with Crippen LogP contribution in [0.4, 0.5) is 68.2 Å². The lowest BCUT2D eigenvalue weighted by molar-refractivity contribution is 0.487. The van der Waals surface area contributed by atoms with Gasteiger partial charge in [-0.05, 0) is 181 Å². The Labute approximate surface area is 542 Å². The first-order valence-corrected chi connectivity index (χ1v) is 32.2. The molecule has 18 rings (SSSR count). The van der Waals surface area contributed by atoms with Gasteiger partial charge < -0.3 is 33.5 Å². The highest BCUT2D eigenvalue weighted by atomic mass is 16.5. The maximum absolute atomic E-state index is 7.92. The average molecular weight is 1200 g/mol. The lowest BCUT2D eigenvalue weighted by Crippen LogP contribution is -2.63. The van der Waals surface area contributed by atoms with Crippen LogP contribution in [0.1, 0.15) is 33.4 Å². The molecule has 0 saturated carbocycles. The summed E-state index contributed by atoms with van der Waals surface area (Å²) in [6, 6.07) is 97.2. The van der Waals surface area contributed by atoms with Gasteiger partial charge in [-0.1, -0.05) is 181 Å². The summed E-state index contributed by atoms with van der Waals surface area (Å²) in [5, 5.41) is 2.14. The van der Waals surface area contributed by atoms with Gasteiger partial charge in [0, 0.05) is 74.3 Å². The van der Waals surface area contributed by atoms with Crippen LogP contribution in [0.25, 0.3) is 33.1 Å². The fourth-order valence-electron chi connectivity index (χ4n) is 16.1.